The second-order valence-corrected chi connectivity index (χ2v) is 4.51. The van der Waals surface area contributed by atoms with Crippen LogP contribution in [0.4, 0.5) is 10.1 Å². The van der Waals surface area contributed by atoms with Crippen LogP contribution >= 0.6 is 11.3 Å². The van der Waals surface area contributed by atoms with Crippen molar-refractivity contribution in [2.24, 2.45) is 0 Å². The minimum Gasteiger partial charge on any atom is -0.755 e. The molecule has 0 bridgehead atoms. The monoisotopic (exact) mass is 264 g/mol. The van der Waals surface area contributed by atoms with Crippen LogP contribution in [0.15, 0.2) is 6.20 Å². The lowest BCUT2D eigenvalue weighted by molar-refractivity contribution is -0.141. The Morgan fingerprint density at radius 2 is 2.50 bits per heavy atom. The molecule has 0 aliphatic heterocycles. The van der Waals surface area contributed by atoms with Gasteiger partial charge >= 0.3 is 5.97 Å². The Morgan fingerprint density at radius 1 is 1.81 bits per heavy atom. The molecule has 0 amide bonds. The van der Waals surface area contributed by atoms with Crippen molar-refractivity contribution in [2.45, 2.75) is 6.92 Å². The normalized spacial score (nSPS) is 12.1. The van der Waals surface area contributed by atoms with E-state index in [1.54, 1.807) is 6.92 Å². The molecule has 0 saturated carbocycles. The molecule has 9 heteroatoms. The van der Waals surface area contributed by atoms with E-state index in [4.69, 9.17) is 5.73 Å². The number of ether oxygens (including phenoxy) is 1. The molecule has 0 fully saturated rings. The van der Waals surface area contributed by atoms with Crippen molar-refractivity contribution in [3.8, 4) is 0 Å². The highest BCUT2D eigenvalue weighted by Gasteiger charge is 2.15. The van der Waals surface area contributed by atoms with Gasteiger partial charge in [-0.25, -0.2) is 4.98 Å². The zero-order valence-corrected chi connectivity index (χ0v) is 10.0. The van der Waals surface area contributed by atoms with Crippen molar-refractivity contribution >= 4 is 38.7 Å². The molecule has 7 nitrogen and oxygen atoms in total. The van der Waals surface area contributed by atoms with Gasteiger partial charge in [-0.05, 0) is 6.92 Å². The van der Waals surface area contributed by atoms with Gasteiger partial charge < -0.3 is 15.0 Å². The maximum Gasteiger partial charge on any atom is 0.326 e. The molecule has 1 heterocycles. The third-order valence-electron chi connectivity index (χ3n) is 1.52. The van der Waals surface area contributed by atoms with Gasteiger partial charge in [-0.1, -0.05) is 11.3 Å². The Kier molecular flexibility index (Phi) is 4.65. The van der Waals surface area contributed by atoms with Gasteiger partial charge in [0, 0.05) is 11.3 Å². The largest absolute Gasteiger partial charge is 0.755 e. The standard InChI is InChI=1S/C7H11N3O4S2/c1-2-14-6(11)4-10(16(12)13)5-3-9-7(8)15-5/h3H,2,4H2,1H3,(H2,8,9)(H,12,13)/p-1. The predicted molar refractivity (Wildman–Crippen MR) is 59.4 cm³/mol. The first-order chi connectivity index (χ1) is 7.54. The fourth-order valence-electron chi connectivity index (χ4n) is 0.922. The molecule has 1 aromatic heterocycles. The lowest BCUT2D eigenvalue weighted by atomic mass is 10.6. The van der Waals surface area contributed by atoms with E-state index >= 15 is 0 Å². The number of carbonyl (C=O) groups excluding carboxylic acids is 1. The molecule has 90 valence electrons. The molecule has 1 atom stereocenters. The topological polar surface area (TPSA) is 109 Å². The summed E-state index contributed by atoms with van der Waals surface area (Å²) < 4.78 is 27.3. The SMILES string of the molecule is CCOC(=O)CN(c1cnc(N)s1)S(=O)[O-]. The van der Waals surface area contributed by atoms with E-state index in [0.29, 0.717) is 0 Å². The lowest BCUT2D eigenvalue weighted by Gasteiger charge is -2.22. The molecule has 0 radical (unpaired) electrons. The van der Waals surface area contributed by atoms with Gasteiger partial charge in [0.15, 0.2) is 5.13 Å². The van der Waals surface area contributed by atoms with Crippen molar-refractivity contribution in [2.75, 3.05) is 23.2 Å². The molecule has 2 N–H and O–H groups in total. The number of anilines is 2. The van der Waals surface area contributed by atoms with Gasteiger partial charge in [-0.2, -0.15) is 0 Å². The summed E-state index contributed by atoms with van der Waals surface area (Å²) in [5, 5.41) is 0.508. The highest BCUT2D eigenvalue weighted by molar-refractivity contribution is 7.81. The number of nitrogens with two attached hydrogens (primary N) is 1. The van der Waals surface area contributed by atoms with Crippen molar-refractivity contribution in [3.05, 3.63) is 6.20 Å². The zero-order chi connectivity index (χ0) is 12.1. The number of carbonyl (C=O) groups is 1. The van der Waals surface area contributed by atoms with Gasteiger partial charge in [0.25, 0.3) is 0 Å². The number of rotatable bonds is 5. The fourth-order valence-corrected chi connectivity index (χ4v) is 2.21. The van der Waals surface area contributed by atoms with Crippen LogP contribution in [-0.4, -0.2) is 32.9 Å². The summed E-state index contributed by atoms with van der Waals surface area (Å²) >= 11 is -1.59. The van der Waals surface area contributed by atoms with Crippen LogP contribution in [-0.2, 0) is 20.8 Å². The highest BCUT2D eigenvalue weighted by atomic mass is 32.2. The van der Waals surface area contributed by atoms with E-state index in [-0.39, 0.29) is 23.3 Å². The first-order valence-electron chi connectivity index (χ1n) is 4.28. The van der Waals surface area contributed by atoms with E-state index in [9.17, 15) is 13.6 Å². The molecule has 0 spiro atoms. The Balaban J connectivity index is 2.76. The number of esters is 1. The van der Waals surface area contributed by atoms with E-state index in [1.807, 2.05) is 0 Å². The second kappa shape index (κ2) is 5.77. The number of nitrogen functional groups attached to an aromatic ring is 1. The zero-order valence-electron chi connectivity index (χ0n) is 8.41. The van der Waals surface area contributed by atoms with Crippen molar-refractivity contribution < 1.29 is 18.3 Å². The quantitative estimate of drug-likeness (QED) is 0.587. The smallest absolute Gasteiger partial charge is 0.326 e. The summed E-state index contributed by atoms with van der Waals surface area (Å²) in [5.74, 6) is -0.626. The number of thiazole rings is 1. The minimum atomic E-state index is -2.57. The van der Waals surface area contributed by atoms with Gasteiger partial charge in [0.05, 0.1) is 12.8 Å². The Morgan fingerprint density at radius 3 is 2.94 bits per heavy atom. The molecule has 1 rings (SSSR count). The van der Waals surface area contributed by atoms with Crippen molar-refractivity contribution in [1.29, 1.82) is 0 Å². The van der Waals surface area contributed by atoms with Crippen LogP contribution in [0.25, 0.3) is 0 Å². The van der Waals surface area contributed by atoms with Gasteiger partial charge in [-0.15, -0.1) is 0 Å². The first-order valence-corrected chi connectivity index (χ1v) is 6.13. The van der Waals surface area contributed by atoms with E-state index in [2.05, 4.69) is 9.72 Å². The molecule has 0 saturated heterocycles. The molecular formula is C7H10N3O4S2-. The Labute approximate surface area is 98.6 Å². The fraction of sp³-hybridized carbons (Fsp3) is 0.429. The average Bonchev–Trinajstić information content (AvgIpc) is 2.61. The third-order valence-corrected chi connectivity index (χ3v) is 3.17. The lowest BCUT2D eigenvalue weighted by Crippen LogP contribution is -2.31. The number of hydrogen-bond acceptors (Lipinski definition) is 7. The maximum atomic E-state index is 11.2. The van der Waals surface area contributed by atoms with E-state index in [0.717, 1.165) is 15.6 Å². The maximum absolute atomic E-state index is 11.2. The molecule has 16 heavy (non-hydrogen) atoms. The summed E-state index contributed by atoms with van der Waals surface area (Å²) in [5.41, 5.74) is 5.37. The summed E-state index contributed by atoms with van der Waals surface area (Å²) in [4.78, 5) is 14.9. The molecule has 0 aliphatic rings. The summed E-state index contributed by atoms with van der Waals surface area (Å²) in [6, 6.07) is 0. The molecule has 0 aromatic carbocycles. The minimum absolute atomic E-state index is 0.197. The third kappa shape index (κ3) is 3.43. The Hall–Kier alpha value is -1.19. The van der Waals surface area contributed by atoms with Crippen LogP contribution in [0.1, 0.15) is 6.92 Å². The molecule has 1 aromatic rings. The van der Waals surface area contributed by atoms with E-state index < -0.39 is 17.2 Å². The second-order valence-electron chi connectivity index (χ2n) is 2.60. The average molecular weight is 264 g/mol. The van der Waals surface area contributed by atoms with Gasteiger partial charge in [0.1, 0.15) is 11.5 Å². The summed E-state index contributed by atoms with van der Waals surface area (Å²) in [6.07, 6.45) is 1.29. The highest BCUT2D eigenvalue weighted by Crippen LogP contribution is 2.25. The number of aromatic nitrogens is 1. The van der Waals surface area contributed by atoms with Crippen LogP contribution < -0.4 is 10.0 Å². The van der Waals surface area contributed by atoms with Gasteiger partial charge in [-0.3, -0.25) is 13.3 Å². The van der Waals surface area contributed by atoms with Crippen LogP contribution in [0, 0.1) is 0 Å². The number of hydrogen-bond donors (Lipinski definition) is 1. The molecular weight excluding hydrogens is 254 g/mol. The Bertz CT molecular complexity index is 395. The van der Waals surface area contributed by atoms with Crippen LogP contribution in [0.2, 0.25) is 0 Å². The van der Waals surface area contributed by atoms with Gasteiger partial charge in [0.2, 0.25) is 0 Å². The summed E-state index contributed by atoms with van der Waals surface area (Å²) in [7, 11) is 0. The number of nitrogens with zero attached hydrogens (tertiary/aromatic N) is 2. The molecule has 0 aliphatic carbocycles. The van der Waals surface area contributed by atoms with Crippen LogP contribution in [0.5, 0.6) is 0 Å². The summed E-state index contributed by atoms with van der Waals surface area (Å²) in [6.45, 7) is 1.45. The van der Waals surface area contributed by atoms with E-state index in [1.165, 1.54) is 6.20 Å². The van der Waals surface area contributed by atoms with Crippen molar-refractivity contribution in [3.63, 3.8) is 0 Å². The van der Waals surface area contributed by atoms with Crippen LogP contribution in [0.3, 0.4) is 0 Å². The predicted octanol–water partition coefficient (Wildman–Crippen LogP) is -0.111. The molecule has 1 unspecified atom stereocenters. The van der Waals surface area contributed by atoms with Crippen molar-refractivity contribution in [1.82, 2.24) is 4.98 Å². The first kappa shape index (κ1) is 12.9.